The van der Waals surface area contributed by atoms with E-state index in [1.54, 1.807) is 42.7 Å². The summed E-state index contributed by atoms with van der Waals surface area (Å²) in [5.41, 5.74) is 3.07. The molecule has 0 aliphatic carbocycles. The van der Waals surface area contributed by atoms with Gasteiger partial charge in [0.1, 0.15) is 11.5 Å². The first kappa shape index (κ1) is 21.2. The molecule has 0 aliphatic rings. The van der Waals surface area contributed by atoms with E-state index in [0.717, 1.165) is 11.1 Å². The number of nitrogens with one attached hydrogen (secondary N) is 2. The van der Waals surface area contributed by atoms with Gasteiger partial charge in [0, 0.05) is 0 Å². The van der Waals surface area contributed by atoms with Crippen LogP contribution in [0.2, 0.25) is 0 Å². The number of carbonyl (C=O) groups is 2. The van der Waals surface area contributed by atoms with Gasteiger partial charge in [0.25, 0.3) is 11.8 Å². The normalized spacial score (nSPS) is 11.6. The Bertz CT molecular complexity index is 1010. The molecule has 1 atom stereocenters. The molecule has 0 saturated carbocycles. The predicted molar refractivity (Wildman–Crippen MR) is 116 cm³/mol. The molecule has 30 heavy (non-hydrogen) atoms. The van der Waals surface area contributed by atoms with Gasteiger partial charge < -0.3 is 19.8 Å². The van der Waals surface area contributed by atoms with Crippen LogP contribution in [0.4, 0.5) is 5.69 Å². The van der Waals surface area contributed by atoms with Gasteiger partial charge in [0.2, 0.25) is 0 Å². The molecule has 0 saturated heterocycles. The lowest BCUT2D eigenvalue weighted by atomic mass is 10.1. The van der Waals surface area contributed by atoms with E-state index in [4.69, 9.17) is 9.15 Å². The number of anilines is 1. The molecule has 1 heterocycles. The first-order valence-corrected chi connectivity index (χ1v) is 9.92. The summed E-state index contributed by atoms with van der Waals surface area (Å²) in [6.45, 7) is 6.17. The SMILES string of the molecule is CC[C@@H](Oc1ccc(C)c(C)c1)C(=O)Nc1ccccc1C(=O)NCc1ccco1. The third-order valence-electron chi connectivity index (χ3n) is 4.85. The zero-order valence-electron chi connectivity index (χ0n) is 17.4. The smallest absolute Gasteiger partial charge is 0.265 e. The fourth-order valence-electron chi connectivity index (χ4n) is 2.95. The molecule has 3 aromatic rings. The molecule has 0 unspecified atom stereocenters. The zero-order chi connectivity index (χ0) is 21.5. The highest BCUT2D eigenvalue weighted by Crippen LogP contribution is 2.20. The quantitative estimate of drug-likeness (QED) is 0.572. The number of para-hydroxylation sites is 1. The van der Waals surface area contributed by atoms with Crippen molar-refractivity contribution in [2.75, 3.05) is 5.32 Å². The Hall–Kier alpha value is -3.54. The van der Waals surface area contributed by atoms with Gasteiger partial charge in [-0.3, -0.25) is 9.59 Å². The van der Waals surface area contributed by atoms with E-state index in [2.05, 4.69) is 10.6 Å². The summed E-state index contributed by atoms with van der Waals surface area (Å²) in [6.07, 6.45) is 1.37. The highest BCUT2D eigenvalue weighted by molar-refractivity contribution is 6.04. The van der Waals surface area contributed by atoms with Gasteiger partial charge in [-0.25, -0.2) is 0 Å². The molecule has 6 nitrogen and oxygen atoms in total. The van der Waals surface area contributed by atoms with Gasteiger partial charge in [-0.15, -0.1) is 0 Å². The van der Waals surface area contributed by atoms with Crippen molar-refractivity contribution in [2.45, 2.75) is 39.8 Å². The van der Waals surface area contributed by atoms with Crippen molar-refractivity contribution in [1.82, 2.24) is 5.32 Å². The van der Waals surface area contributed by atoms with Gasteiger partial charge >= 0.3 is 0 Å². The van der Waals surface area contributed by atoms with Crippen LogP contribution in [0.15, 0.2) is 65.3 Å². The third kappa shape index (κ3) is 5.29. The average Bonchev–Trinajstić information content (AvgIpc) is 3.26. The summed E-state index contributed by atoms with van der Waals surface area (Å²) >= 11 is 0. The van der Waals surface area contributed by atoms with Crippen LogP contribution < -0.4 is 15.4 Å². The van der Waals surface area contributed by atoms with E-state index in [9.17, 15) is 9.59 Å². The molecule has 3 rings (SSSR count). The number of hydrogen-bond donors (Lipinski definition) is 2. The standard InChI is InChI=1S/C24H26N2O4/c1-4-22(30-18-12-11-16(2)17(3)14-18)24(28)26-21-10-6-5-9-20(21)23(27)25-15-19-8-7-13-29-19/h5-14,22H,4,15H2,1-3H3,(H,25,27)(H,26,28)/t22-/m1/s1. The van der Waals surface area contributed by atoms with Crippen LogP contribution >= 0.6 is 0 Å². The van der Waals surface area contributed by atoms with Crippen molar-refractivity contribution in [1.29, 1.82) is 0 Å². The minimum Gasteiger partial charge on any atom is -0.481 e. The van der Waals surface area contributed by atoms with Crippen molar-refractivity contribution < 1.29 is 18.7 Å². The largest absolute Gasteiger partial charge is 0.481 e. The van der Waals surface area contributed by atoms with Crippen molar-refractivity contribution in [3.05, 3.63) is 83.3 Å². The van der Waals surface area contributed by atoms with Crippen LogP contribution in [-0.2, 0) is 11.3 Å². The molecule has 6 heteroatoms. The van der Waals surface area contributed by atoms with Crippen molar-refractivity contribution in [2.24, 2.45) is 0 Å². The van der Waals surface area contributed by atoms with Crippen LogP contribution in [0.5, 0.6) is 5.75 Å². The molecule has 1 aromatic heterocycles. The van der Waals surface area contributed by atoms with Gasteiger partial charge in [-0.2, -0.15) is 0 Å². The summed E-state index contributed by atoms with van der Waals surface area (Å²) in [7, 11) is 0. The van der Waals surface area contributed by atoms with Gasteiger partial charge in [-0.05, 0) is 67.8 Å². The fourth-order valence-corrected chi connectivity index (χ4v) is 2.95. The highest BCUT2D eigenvalue weighted by atomic mass is 16.5. The van der Waals surface area contributed by atoms with Gasteiger partial charge in [-0.1, -0.05) is 25.1 Å². The van der Waals surface area contributed by atoms with Crippen molar-refractivity contribution in [3.63, 3.8) is 0 Å². The van der Waals surface area contributed by atoms with Crippen LogP contribution in [-0.4, -0.2) is 17.9 Å². The first-order chi connectivity index (χ1) is 14.5. The van der Waals surface area contributed by atoms with Crippen LogP contribution in [0, 0.1) is 13.8 Å². The summed E-state index contributed by atoms with van der Waals surface area (Å²) in [6, 6.07) is 16.2. The van der Waals surface area contributed by atoms with Crippen molar-refractivity contribution >= 4 is 17.5 Å². The Morgan fingerprint density at radius 3 is 2.53 bits per heavy atom. The van der Waals surface area contributed by atoms with E-state index in [1.807, 2.05) is 39.0 Å². The Kier molecular flexibility index (Phi) is 6.91. The topological polar surface area (TPSA) is 80.6 Å². The lowest BCUT2D eigenvalue weighted by molar-refractivity contribution is -0.122. The Balaban J connectivity index is 1.68. The molecule has 0 fully saturated rings. The van der Waals surface area contributed by atoms with Gasteiger partial charge in [0.05, 0.1) is 24.1 Å². The Labute approximate surface area is 176 Å². The lowest BCUT2D eigenvalue weighted by Gasteiger charge is -2.19. The fraction of sp³-hybridized carbons (Fsp3) is 0.250. The van der Waals surface area contributed by atoms with E-state index < -0.39 is 6.10 Å². The van der Waals surface area contributed by atoms with Crippen LogP contribution in [0.25, 0.3) is 0 Å². The first-order valence-electron chi connectivity index (χ1n) is 9.92. The molecular weight excluding hydrogens is 380 g/mol. The minimum absolute atomic E-state index is 0.265. The van der Waals surface area contributed by atoms with E-state index in [1.165, 1.54) is 0 Å². The summed E-state index contributed by atoms with van der Waals surface area (Å²) < 4.78 is 11.1. The van der Waals surface area contributed by atoms with E-state index in [-0.39, 0.29) is 18.4 Å². The number of furan rings is 1. The number of benzene rings is 2. The lowest BCUT2D eigenvalue weighted by Crippen LogP contribution is -2.33. The number of ether oxygens (including phenoxy) is 1. The van der Waals surface area contributed by atoms with E-state index in [0.29, 0.717) is 29.2 Å². The van der Waals surface area contributed by atoms with Gasteiger partial charge in [0.15, 0.2) is 6.10 Å². The second-order valence-corrected chi connectivity index (χ2v) is 7.06. The number of aryl methyl sites for hydroxylation is 2. The molecule has 0 radical (unpaired) electrons. The molecule has 156 valence electrons. The minimum atomic E-state index is -0.675. The summed E-state index contributed by atoms with van der Waals surface area (Å²) in [5.74, 6) is 0.690. The molecule has 0 aliphatic heterocycles. The molecule has 0 spiro atoms. The maximum Gasteiger partial charge on any atom is 0.265 e. The Morgan fingerprint density at radius 1 is 1.03 bits per heavy atom. The maximum atomic E-state index is 12.8. The maximum absolute atomic E-state index is 12.8. The number of carbonyl (C=O) groups excluding carboxylic acids is 2. The third-order valence-corrected chi connectivity index (χ3v) is 4.85. The van der Waals surface area contributed by atoms with E-state index >= 15 is 0 Å². The van der Waals surface area contributed by atoms with Crippen LogP contribution in [0.1, 0.15) is 40.6 Å². The Morgan fingerprint density at radius 2 is 1.83 bits per heavy atom. The molecule has 2 N–H and O–H groups in total. The number of amides is 2. The average molecular weight is 406 g/mol. The van der Waals surface area contributed by atoms with Crippen LogP contribution in [0.3, 0.4) is 0 Å². The summed E-state index contributed by atoms with van der Waals surface area (Å²) in [5, 5.41) is 5.63. The number of hydrogen-bond acceptors (Lipinski definition) is 4. The zero-order valence-corrected chi connectivity index (χ0v) is 17.4. The monoisotopic (exact) mass is 406 g/mol. The summed E-state index contributed by atoms with van der Waals surface area (Å²) in [4.78, 5) is 25.4. The molecular formula is C24H26N2O4. The second-order valence-electron chi connectivity index (χ2n) is 7.06. The molecule has 0 bridgehead atoms. The number of rotatable bonds is 8. The highest BCUT2D eigenvalue weighted by Gasteiger charge is 2.21. The van der Waals surface area contributed by atoms with Crippen molar-refractivity contribution in [3.8, 4) is 5.75 Å². The predicted octanol–water partition coefficient (Wildman–Crippen LogP) is 4.62. The molecule has 2 aromatic carbocycles. The second kappa shape index (κ2) is 9.78. The molecule has 2 amide bonds.